The van der Waals surface area contributed by atoms with Crippen LogP contribution >= 0.6 is 22.7 Å². The number of nitrogens with one attached hydrogen (secondary N) is 1. The Morgan fingerprint density at radius 1 is 1.27 bits per heavy atom. The topological polar surface area (TPSA) is 48.5 Å². The standard InChI is InChI=1S/C15H20N4OS2/c20-14(16-3-1-13-2-9-21-12-13)11-18-5-7-19(8-6-18)15-17-4-10-22-15/h2,4,9-10,12H,1,3,5-8,11H2,(H,16,20). The van der Waals surface area contributed by atoms with Gasteiger partial charge in [-0.25, -0.2) is 4.98 Å². The van der Waals surface area contributed by atoms with Crippen LogP contribution in [0.3, 0.4) is 0 Å². The monoisotopic (exact) mass is 336 g/mol. The minimum Gasteiger partial charge on any atom is -0.355 e. The van der Waals surface area contributed by atoms with Gasteiger partial charge in [0.15, 0.2) is 5.13 Å². The zero-order valence-electron chi connectivity index (χ0n) is 12.4. The lowest BCUT2D eigenvalue weighted by Gasteiger charge is -2.34. The van der Waals surface area contributed by atoms with Crippen LogP contribution < -0.4 is 10.2 Å². The fraction of sp³-hybridized carbons (Fsp3) is 0.467. The zero-order chi connectivity index (χ0) is 15.2. The average molecular weight is 336 g/mol. The van der Waals surface area contributed by atoms with Crippen molar-refractivity contribution in [2.75, 3.05) is 44.2 Å². The second-order valence-corrected chi connectivity index (χ2v) is 6.96. The van der Waals surface area contributed by atoms with Gasteiger partial charge < -0.3 is 10.2 Å². The molecule has 1 saturated heterocycles. The van der Waals surface area contributed by atoms with Crippen LogP contribution in [-0.4, -0.2) is 55.1 Å². The average Bonchev–Trinajstić information content (AvgIpc) is 3.21. The first-order valence-electron chi connectivity index (χ1n) is 7.46. The molecule has 0 unspecified atom stereocenters. The number of nitrogens with zero attached hydrogens (tertiary/aromatic N) is 3. The quantitative estimate of drug-likeness (QED) is 0.872. The summed E-state index contributed by atoms with van der Waals surface area (Å²) in [7, 11) is 0. The molecule has 3 rings (SSSR count). The van der Waals surface area contributed by atoms with E-state index in [2.05, 4.69) is 36.9 Å². The Balaban J connectivity index is 1.34. The number of hydrogen-bond donors (Lipinski definition) is 1. The molecule has 0 radical (unpaired) electrons. The maximum Gasteiger partial charge on any atom is 0.234 e. The first-order chi connectivity index (χ1) is 10.8. The van der Waals surface area contributed by atoms with Crippen molar-refractivity contribution in [2.45, 2.75) is 6.42 Å². The third-order valence-electron chi connectivity index (χ3n) is 3.75. The normalized spacial score (nSPS) is 15.9. The van der Waals surface area contributed by atoms with Crippen molar-refractivity contribution < 1.29 is 4.79 Å². The van der Waals surface area contributed by atoms with E-state index in [0.717, 1.165) is 37.7 Å². The van der Waals surface area contributed by atoms with E-state index in [4.69, 9.17) is 0 Å². The molecule has 0 atom stereocenters. The number of thiophene rings is 1. The minimum atomic E-state index is 0.123. The van der Waals surface area contributed by atoms with E-state index >= 15 is 0 Å². The molecule has 22 heavy (non-hydrogen) atoms. The van der Waals surface area contributed by atoms with Gasteiger partial charge in [0, 0.05) is 44.3 Å². The molecule has 1 aliphatic rings. The maximum atomic E-state index is 12.0. The van der Waals surface area contributed by atoms with Gasteiger partial charge in [-0.2, -0.15) is 11.3 Å². The highest BCUT2D eigenvalue weighted by Gasteiger charge is 2.20. The van der Waals surface area contributed by atoms with Crippen LogP contribution in [0.5, 0.6) is 0 Å². The van der Waals surface area contributed by atoms with Crippen LogP contribution in [0.4, 0.5) is 5.13 Å². The molecule has 5 nitrogen and oxygen atoms in total. The molecule has 7 heteroatoms. The summed E-state index contributed by atoms with van der Waals surface area (Å²) in [4.78, 5) is 20.8. The largest absolute Gasteiger partial charge is 0.355 e. The Hall–Kier alpha value is -1.44. The second-order valence-electron chi connectivity index (χ2n) is 5.31. The van der Waals surface area contributed by atoms with Crippen molar-refractivity contribution >= 4 is 33.7 Å². The van der Waals surface area contributed by atoms with Gasteiger partial charge in [-0.3, -0.25) is 9.69 Å². The van der Waals surface area contributed by atoms with Crippen molar-refractivity contribution in [3.05, 3.63) is 34.0 Å². The van der Waals surface area contributed by atoms with Gasteiger partial charge in [0.2, 0.25) is 5.91 Å². The number of carbonyl (C=O) groups is 1. The van der Waals surface area contributed by atoms with Crippen molar-refractivity contribution in [2.24, 2.45) is 0 Å². The number of anilines is 1. The van der Waals surface area contributed by atoms with Crippen LogP contribution in [0.25, 0.3) is 0 Å². The summed E-state index contributed by atoms with van der Waals surface area (Å²) in [5, 5.41) is 10.3. The van der Waals surface area contributed by atoms with Gasteiger partial charge in [-0.1, -0.05) is 0 Å². The molecule has 1 aliphatic heterocycles. The molecule has 118 valence electrons. The summed E-state index contributed by atoms with van der Waals surface area (Å²) in [5.41, 5.74) is 1.29. The lowest BCUT2D eigenvalue weighted by Crippen LogP contribution is -2.49. The highest BCUT2D eigenvalue weighted by Crippen LogP contribution is 2.18. The number of thiazole rings is 1. The van der Waals surface area contributed by atoms with Crippen LogP contribution in [0, 0.1) is 0 Å². The molecule has 0 bridgehead atoms. The molecule has 1 amide bonds. The van der Waals surface area contributed by atoms with Crippen LogP contribution in [0.2, 0.25) is 0 Å². The van der Waals surface area contributed by atoms with E-state index in [1.807, 2.05) is 11.6 Å². The molecule has 0 aromatic carbocycles. The predicted octanol–water partition coefficient (Wildman–Crippen LogP) is 1.69. The minimum absolute atomic E-state index is 0.123. The summed E-state index contributed by atoms with van der Waals surface area (Å²) in [6.45, 7) is 4.92. The third-order valence-corrected chi connectivity index (χ3v) is 5.31. The van der Waals surface area contributed by atoms with Gasteiger partial charge >= 0.3 is 0 Å². The maximum absolute atomic E-state index is 12.0. The van der Waals surface area contributed by atoms with E-state index in [1.165, 1.54) is 5.56 Å². The Morgan fingerprint density at radius 3 is 2.82 bits per heavy atom. The molecule has 0 spiro atoms. The molecule has 0 saturated carbocycles. The zero-order valence-corrected chi connectivity index (χ0v) is 14.0. The third kappa shape index (κ3) is 4.28. The first-order valence-corrected chi connectivity index (χ1v) is 9.28. The number of rotatable bonds is 6. The van der Waals surface area contributed by atoms with Gasteiger partial charge in [0.1, 0.15) is 0 Å². The fourth-order valence-electron chi connectivity index (χ4n) is 2.51. The van der Waals surface area contributed by atoms with Crippen molar-refractivity contribution in [3.63, 3.8) is 0 Å². The number of aromatic nitrogens is 1. The number of amides is 1. The van der Waals surface area contributed by atoms with E-state index in [-0.39, 0.29) is 5.91 Å². The fourth-order valence-corrected chi connectivity index (χ4v) is 3.91. The molecule has 3 heterocycles. The number of carbonyl (C=O) groups excluding carboxylic acids is 1. The van der Waals surface area contributed by atoms with Crippen LogP contribution in [0.15, 0.2) is 28.4 Å². The Bertz CT molecular complexity index is 562. The Morgan fingerprint density at radius 2 is 2.14 bits per heavy atom. The van der Waals surface area contributed by atoms with E-state index in [0.29, 0.717) is 13.1 Å². The van der Waals surface area contributed by atoms with E-state index in [1.54, 1.807) is 22.7 Å². The van der Waals surface area contributed by atoms with Crippen molar-refractivity contribution in [3.8, 4) is 0 Å². The van der Waals surface area contributed by atoms with Gasteiger partial charge in [-0.15, -0.1) is 11.3 Å². The summed E-state index contributed by atoms with van der Waals surface area (Å²) in [6, 6.07) is 2.11. The summed E-state index contributed by atoms with van der Waals surface area (Å²) >= 11 is 3.37. The van der Waals surface area contributed by atoms with Crippen molar-refractivity contribution in [1.29, 1.82) is 0 Å². The lowest BCUT2D eigenvalue weighted by molar-refractivity contribution is -0.122. The van der Waals surface area contributed by atoms with Crippen LogP contribution in [-0.2, 0) is 11.2 Å². The second kappa shape index (κ2) is 7.71. The number of hydrogen-bond acceptors (Lipinski definition) is 6. The summed E-state index contributed by atoms with van der Waals surface area (Å²) in [5.74, 6) is 0.123. The van der Waals surface area contributed by atoms with Gasteiger partial charge in [0.05, 0.1) is 6.54 Å². The lowest BCUT2D eigenvalue weighted by atomic mass is 10.2. The molecular weight excluding hydrogens is 316 g/mol. The smallest absolute Gasteiger partial charge is 0.234 e. The Kier molecular flexibility index (Phi) is 5.42. The SMILES string of the molecule is O=C(CN1CCN(c2nccs2)CC1)NCCc1ccsc1. The van der Waals surface area contributed by atoms with Crippen molar-refractivity contribution in [1.82, 2.24) is 15.2 Å². The summed E-state index contributed by atoms with van der Waals surface area (Å²) in [6.07, 6.45) is 2.75. The highest BCUT2D eigenvalue weighted by atomic mass is 32.1. The molecule has 1 N–H and O–H groups in total. The van der Waals surface area contributed by atoms with Crippen LogP contribution in [0.1, 0.15) is 5.56 Å². The number of piperazine rings is 1. The molecular formula is C15H20N4OS2. The first kappa shape index (κ1) is 15.5. The van der Waals surface area contributed by atoms with Gasteiger partial charge in [-0.05, 0) is 28.8 Å². The molecule has 0 aliphatic carbocycles. The molecule has 2 aromatic rings. The van der Waals surface area contributed by atoms with E-state index in [9.17, 15) is 4.79 Å². The predicted molar refractivity (Wildman–Crippen MR) is 91.8 cm³/mol. The Labute approximate surface area is 138 Å². The summed E-state index contributed by atoms with van der Waals surface area (Å²) < 4.78 is 0. The highest BCUT2D eigenvalue weighted by molar-refractivity contribution is 7.13. The van der Waals surface area contributed by atoms with Gasteiger partial charge in [0.25, 0.3) is 0 Å². The molecule has 2 aromatic heterocycles. The molecule has 1 fully saturated rings. The van der Waals surface area contributed by atoms with E-state index < -0.39 is 0 Å².